The highest BCUT2D eigenvalue weighted by Gasteiger charge is 2.29. The fourth-order valence-electron chi connectivity index (χ4n) is 7.27. The molecule has 8 rings (SSSR count). The van der Waals surface area contributed by atoms with Crippen molar-refractivity contribution in [2.24, 2.45) is 0 Å². The summed E-state index contributed by atoms with van der Waals surface area (Å²) < 4.78 is 23.3. The molecule has 0 unspecified atom stereocenters. The molecule has 0 bridgehead atoms. The van der Waals surface area contributed by atoms with Gasteiger partial charge in [-0.1, -0.05) is 121 Å². The maximum absolute atomic E-state index is 5.82. The molecule has 4 nitrogen and oxygen atoms in total. The highest BCUT2D eigenvalue weighted by molar-refractivity contribution is 7.81. The van der Waals surface area contributed by atoms with E-state index in [1.54, 1.807) is 28.4 Å². The Morgan fingerprint density at radius 3 is 0.944 bits per heavy atom. The maximum atomic E-state index is 5.82. The minimum absolute atomic E-state index is 0.829. The minimum Gasteiger partial charge on any atom is -0.497 e. The summed E-state index contributed by atoms with van der Waals surface area (Å²) in [6, 6.07) is 61.0. The van der Waals surface area contributed by atoms with Crippen LogP contribution in [0.5, 0.6) is 23.0 Å². The molecule has 8 aromatic rings. The van der Waals surface area contributed by atoms with Gasteiger partial charge >= 0.3 is 0 Å². The zero-order valence-electron chi connectivity index (χ0n) is 30.7. The number of hydrogen-bond acceptors (Lipinski definition) is 4. The van der Waals surface area contributed by atoms with Crippen LogP contribution in [0.25, 0.3) is 32.7 Å². The van der Waals surface area contributed by atoms with E-state index in [9.17, 15) is 0 Å². The van der Waals surface area contributed by atoms with Gasteiger partial charge in [-0.2, -0.15) is 0 Å². The van der Waals surface area contributed by atoms with E-state index in [0.29, 0.717) is 0 Å². The van der Waals surface area contributed by atoms with Crippen LogP contribution in [0, 0.1) is 0 Å². The smallest absolute Gasteiger partial charge is 0.119 e. The van der Waals surface area contributed by atoms with E-state index in [2.05, 4.69) is 146 Å². The van der Waals surface area contributed by atoms with Crippen LogP contribution in [-0.4, -0.2) is 28.4 Å². The van der Waals surface area contributed by atoms with Gasteiger partial charge in [-0.15, -0.1) is 0 Å². The van der Waals surface area contributed by atoms with Crippen LogP contribution in [0.2, 0.25) is 0 Å². The van der Waals surface area contributed by atoms with Gasteiger partial charge in [0.25, 0.3) is 0 Å². The van der Waals surface area contributed by atoms with E-state index < -0.39 is 15.8 Å². The number of ether oxygens (including phenoxy) is 4. The number of methoxy groups -OCH3 is 4. The van der Waals surface area contributed by atoms with Crippen LogP contribution >= 0.6 is 15.8 Å². The molecule has 0 atom stereocenters. The molecule has 0 fully saturated rings. The van der Waals surface area contributed by atoms with Crippen LogP contribution in [-0.2, 0) is 0 Å². The molecular weight excluding hydrogens is 702 g/mol. The second-order valence-electron chi connectivity index (χ2n) is 12.8. The molecule has 0 aliphatic rings. The first-order valence-corrected chi connectivity index (χ1v) is 20.5. The maximum Gasteiger partial charge on any atom is 0.119 e. The molecule has 0 aliphatic heterocycles. The Bertz CT molecular complexity index is 2330. The second kappa shape index (κ2) is 15.7. The first kappa shape index (κ1) is 35.4. The average molecular weight is 743 g/mol. The summed E-state index contributed by atoms with van der Waals surface area (Å²) in [5.74, 6) is 3.32. The lowest BCUT2D eigenvalue weighted by Gasteiger charge is -2.29. The monoisotopic (exact) mass is 742 g/mol. The molecule has 0 saturated carbocycles. The second-order valence-corrected chi connectivity index (χ2v) is 17.2. The van der Waals surface area contributed by atoms with Crippen molar-refractivity contribution < 1.29 is 18.9 Å². The molecule has 0 aliphatic carbocycles. The molecular formula is C48H40O4P2. The Kier molecular flexibility index (Phi) is 10.3. The lowest BCUT2D eigenvalue weighted by molar-refractivity contribution is 0.415. The third-order valence-electron chi connectivity index (χ3n) is 9.79. The van der Waals surface area contributed by atoms with Gasteiger partial charge in [0.15, 0.2) is 0 Å². The molecule has 0 aromatic heterocycles. The van der Waals surface area contributed by atoms with Crippen molar-refractivity contribution in [1.82, 2.24) is 0 Å². The van der Waals surface area contributed by atoms with Gasteiger partial charge < -0.3 is 18.9 Å². The predicted molar refractivity (Wildman–Crippen MR) is 231 cm³/mol. The number of benzene rings is 8. The normalized spacial score (nSPS) is 11.3. The zero-order valence-corrected chi connectivity index (χ0v) is 32.5. The van der Waals surface area contributed by atoms with Crippen molar-refractivity contribution in [2.75, 3.05) is 28.4 Å². The molecule has 0 radical (unpaired) electrons. The molecule has 0 amide bonds. The minimum atomic E-state index is -1.11. The van der Waals surface area contributed by atoms with Gasteiger partial charge in [-0.3, -0.25) is 0 Å². The molecule has 6 heteroatoms. The number of fused-ring (bicyclic) bond motifs is 2. The van der Waals surface area contributed by atoms with Gasteiger partial charge in [-0.25, -0.2) is 0 Å². The summed E-state index contributed by atoms with van der Waals surface area (Å²) in [6.45, 7) is 0. The van der Waals surface area contributed by atoms with Crippen molar-refractivity contribution in [3.8, 4) is 34.1 Å². The fraction of sp³-hybridized carbons (Fsp3) is 0.0833. The first-order chi connectivity index (χ1) is 26.6. The molecule has 0 heterocycles. The van der Waals surface area contributed by atoms with Crippen LogP contribution in [0.15, 0.2) is 170 Å². The number of hydrogen-bond donors (Lipinski definition) is 0. The Morgan fingerprint density at radius 1 is 0.315 bits per heavy atom. The highest BCUT2D eigenvalue weighted by Crippen LogP contribution is 2.46. The SMILES string of the molecule is COc1cccc(P(c2cccc(OC)c2)c2ccc3ccccc3c2-c2c(P(c3cccc(OC)c3)c3cccc(OC)c3)ccc3ccccc23)c1. The molecule has 8 aromatic carbocycles. The summed E-state index contributed by atoms with van der Waals surface area (Å²) in [5, 5.41) is 12.1. The third kappa shape index (κ3) is 6.80. The predicted octanol–water partition coefficient (Wildman–Crippen LogP) is 9.21. The van der Waals surface area contributed by atoms with Crippen LogP contribution in [0.3, 0.4) is 0 Å². The summed E-state index contributed by atoms with van der Waals surface area (Å²) >= 11 is 0. The Hall–Kier alpha value is -5.66. The lowest BCUT2D eigenvalue weighted by atomic mass is 9.93. The van der Waals surface area contributed by atoms with E-state index in [1.807, 2.05) is 24.3 Å². The fourth-order valence-corrected chi connectivity index (χ4v) is 12.3. The van der Waals surface area contributed by atoms with E-state index in [4.69, 9.17) is 18.9 Å². The molecule has 0 spiro atoms. The highest BCUT2D eigenvalue weighted by atomic mass is 31.1. The van der Waals surface area contributed by atoms with Crippen molar-refractivity contribution in [1.29, 1.82) is 0 Å². The van der Waals surface area contributed by atoms with Crippen LogP contribution in [0.1, 0.15) is 0 Å². The Morgan fingerprint density at radius 2 is 0.630 bits per heavy atom. The molecule has 0 N–H and O–H groups in total. The van der Waals surface area contributed by atoms with Crippen LogP contribution < -0.4 is 50.8 Å². The lowest BCUT2D eigenvalue weighted by Crippen LogP contribution is -2.26. The Balaban J connectivity index is 1.53. The Labute approximate surface area is 319 Å². The van der Waals surface area contributed by atoms with Crippen LogP contribution in [0.4, 0.5) is 0 Å². The first-order valence-electron chi connectivity index (χ1n) is 17.8. The summed E-state index contributed by atoms with van der Waals surface area (Å²) in [5.41, 5.74) is 2.46. The van der Waals surface area contributed by atoms with Gasteiger partial charge in [0, 0.05) is 0 Å². The molecule has 0 saturated heterocycles. The summed E-state index contributed by atoms with van der Waals surface area (Å²) in [7, 11) is 4.71. The van der Waals surface area contributed by atoms with Gasteiger partial charge in [-0.05, 0) is 129 Å². The van der Waals surface area contributed by atoms with Crippen molar-refractivity contribution in [3.63, 3.8) is 0 Å². The zero-order chi connectivity index (χ0) is 37.0. The van der Waals surface area contributed by atoms with E-state index in [-0.39, 0.29) is 0 Å². The third-order valence-corrected chi connectivity index (χ3v) is 14.7. The summed E-state index contributed by atoms with van der Waals surface area (Å²) in [4.78, 5) is 0. The van der Waals surface area contributed by atoms with Gasteiger partial charge in [0.05, 0.1) is 28.4 Å². The van der Waals surface area contributed by atoms with E-state index >= 15 is 0 Å². The average Bonchev–Trinajstić information content (AvgIpc) is 3.24. The largest absolute Gasteiger partial charge is 0.497 e. The molecule has 54 heavy (non-hydrogen) atoms. The van der Waals surface area contributed by atoms with Crippen molar-refractivity contribution in [2.45, 2.75) is 0 Å². The van der Waals surface area contributed by atoms with Crippen molar-refractivity contribution in [3.05, 3.63) is 170 Å². The molecule has 266 valence electrons. The number of rotatable bonds is 11. The standard InChI is InChI=1S/C48H40O4P2/c1-49-35-15-9-19-39(29-35)53(40-20-10-16-36(30-40)50-2)45-27-25-33-13-5-7-23-43(33)47(45)48-44-24-8-6-14-34(44)26-28-46(48)54(41-21-11-17-37(31-41)51-3)42-22-12-18-38(32-42)52-4/h5-32H,1-4H3. The quantitative estimate of drug-likeness (QED) is 0.124. The topological polar surface area (TPSA) is 36.9 Å². The summed E-state index contributed by atoms with van der Waals surface area (Å²) in [6.07, 6.45) is 0. The van der Waals surface area contributed by atoms with E-state index in [1.165, 1.54) is 64.5 Å². The van der Waals surface area contributed by atoms with E-state index in [0.717, 1.165) is 23.0 Å². The van der Waals surface area contributed by atoms with Gasteiger partial charge in [0.2, 0.25) is 0 Å². The van der Waals surface area contributed by atoms with Crippen molar-refractivity contribution >= 4 is 69.2 Å². The van der Waals surface area contributed by atoms with Gasteiger partial charge in [0.1, 0.15) is 23.0 Å².